The van der Waals surface area contributed by atoms with E-state index in [4.69, 9.17) is 4.74 Å². The molecule has 0 aromatic heterocycles. The Morgan fingerprint density at radius 2 is 1.87 bits per heavy atom. The molecule has 166 valence electrons. The number of nitrogens with zero attached hydrogens (tertiary/aromatic N) is 1. The van der Waals surface area contributed by atoms with Crippen LogP contribution in [-0.2, 0) is 15.7 Å². The summed E-state index contributed by atoms with van der Waals surface area (Å²) in [7, 11) is 0. The van der Waals surface area contributed by atoms with Gasteiger partial charge in [-0.05, 0) is 49.7 Å². The Balaban J connectivity index is 1.98. The van der Waals surface area contributed by atoms with E-state index in [0.717, 1.165) is 18.9 Å². The van der Waals surface area contributed by atoms with Gasteiger partial charge >= 0.3 is 6.18 Å². The van der Waals surface area contributed by atoms with Crippen molar-refractivity contribution in [2.75, 3.05) is 13.2 Å². The Morgan fingerprint density at radius 1 is 1.23 bits per heavy atom. The smallest absolute Gasteiger partial charge is 0.354 e. The van der Waals surface area contributed by atoms with Crippen LogP contribution in [0.4, 0.5) is 13.2 Å². The number of halogens is 3. The molecule has 0 radical (unpaired) electrons. The molecule has 3 rings (SSSR count). The fourth-order valence-corrected chi connectivity index (χ4v) is 4.25. The number of carbonyl (C=O) groups excluding carboxylic acids is 2. The Bertz CT molecular complexity index is 786. The number of hydrogen-bond donors (Lipinski definition) is 1. The summed E-state index contributed by atoms with van der Waals surface area (Å²) in [5.41, 5.74) is -2.49. The van der Waals surface area contributed by atoms with Crippen molar-refractivity contribution in [2.24, 2.45) is 11.8 Å². The SMILES string of the molecule is CC(C)CNC(=O)[C@@H]1COC2(CCC(C)CC2)N1C(=O)c1ccccc1C(F)(F)F. The van der Waals surface area contributed by atoms with Gasteiger partial charge in [0, 0.05) is 6.54 Å². The Hall–Kier alpha value is -2.09. The van der Waals surface area contributed by atoms with Crippen molar-refractivity contribution in [3.05, 3.63) is 35.4 Å². The van der Waals surface area contributed by atoms with Crippen molar-refractivity contribution in [1.82, 2.24) is 10.2 Å². The van der Waals surface area contributed by atoms with Crippen LogP contribution in [-0.4, -0.2) is 41.6 Å². The lowest BCUT2D eigenvalue weighted by atomic mass is 9.83. The fraction of sp³-hybridized carbons (Fsp3) is 0.636. The summed E-state index contributed by atoms with van der Waals surface area (Å²) in [5.74, 6) is -0.556. The molecule has 1 aliphatic heterocycles. The molecular weight excluding hydrogens is 397 g/mol. The molecule has 1 aromatic carbocycles. The van der Waals surface area contributed by atoms with Crippen molar-refractivity contribution >= 4 is 11.8 Å². The minimum atomic E-state index is -4.67. The van der Waals surface area contributed by atoms with Crippen LogP contribution in [0.15, 0.2) is 24.3 Å². The summed E-state index contributed by atoms with van der Waals surface area (Å²) in [4.78, 5) is 27.6. The molecule has 8 heteroatoms. The molecule has 1 N–H and O–H groups in total. The Morgan fingerprint density at radius 3 is 2.47 bits per heavy atom. The molecule has 30 heavy (non-hydrogen) atoms. The van der Waals surface area contributed by atoms with Gasteiger partial charge in [-0.25, -0.2) is 0 Å². The fourth-order valence-electron chi connectivity index (χ4n) is 4.25. The van der Waals surface area contributed by atoms with Gasteiger partial charge < -0.3 is 10.1 Å². The quantitative estimate of drug-likeness (QED) is 0.784. The molecule has 0 bridgehead atoms. The minimum absolute atomic E-state index is 0.0156. The lowest BCUT2D eigenvalue weighted by Gasteiger charge is -2.43. The number of rotatable bonds is 4. The van der Waals surface area contributed by atoms with Gasteiger partial charge in [0.15, 0.2) is 0 Å². The van der Waals surface area contributed by atoms with E-state index in [1.165, 1.54) is 23.1 Å². The molecule has 1 atom stereocenters. The van der Waals surface area contributed by atoms with Crippen LogP contribution in [0.5, 0.6) is 0 Å². The standard InChI is InChI=1S/C22H29F3N2O3/c1-14(2)12-26-19(28)18-13-30-21(10-8-15(3)9-11-21)27(18)20(29)16-6-4-5-7-17(16)22(23,24)25/h4-7,14-15,18H,8-13H2,1-3H3,(H,26,28)/t15?,18-,21?/m0/s1. The van der Waals surface area contributed by atoms with Gasteiger partial charge in [0.2, 0.25) is 5.91 Å². The van der Waals surface area contributed by atoms with E-state index in [1.54, 1.807) is 0 Å². The van der Waals surface area contributed by atoms with Crippen LogP contribution in [0, 0.1) is 11.8 Å². The van der Waals surface area contributed by atoms with Crippen LogP contribution < -0.4 is 5.32 Å². The molecule has 2 aliphatic rings. The van der Waals surface area contributed by atoms with Crippen LogP contribution in [0.3, 0.4) is 0 Å². The van der Waals surface area contributed by atoms with E-state index in [0.29, 0.717) is 25.3 Å². The van der Waals surface area contributed by atoms with Gasteiger partial charge in [0.25, 0.3) is 5.91 Å². The number of nitrogens with one attached hydrogen (secondary N) is 1. The highest BCUT2D eigenvalue weighted by Crippen LogP contribution is 2.44. The van der Waals surface area contributed by atoms with E-state index < -0.39 is 40.9 Å². The number of ether oxygens (including phenoxy) is 1. The zero-order chi connectivity index (χ0) is 22.1. The summed E-state index contributed by atoms with van der Waals surface area (Å²) < 4.78 is 46.7. The average molecular weight is 426 g/mol. The summed E-state index contributed by atoms with van der Waals surface area (Å²) in [6.07, 6.45) is -2.10. The molecule has 1 heterocycles. The van der Waals surface area contributed by atoms with Gasteiger partial charge in [-0.2, -0.15) is 13.2 Å². The highest BCUT2D eigenvalue weighted by Gasteiger charge is 2.54. The summed E-state index contributed by atoms with van der Waals surface area (Å²) in [6, 6.07) is 3.78. The molecule has 2 amide bonds. The molecular formula is C22H29F3N2O3. The first-order valence-electron chi connectivity index (χ1n) is 10.5. The van der Waals surface area contributed by atoms with Gasteiger partial charge in [0.05, 0.1) is 17.7 Å². The molecule has 1 aromatic rings. The summed E-state index contributed by atoms with van der Waals surface area (Å²) >= 11 is 0. The van der Waals surface area contributed by atoms with Crippen LogP contribution in [0.2, 0.25) is 0 Å². The maximum Gasteiger partial charge on any atom is 0.417 e. The van der Waals surface area contributed by atoms with E-state index in [2.05, 4.69) is 12.2 Å². The first kappa shape index (κ1) is 22.6. The summed E-state index contributed by atoms with van der Waals surface area (Å²) in [6.45, 7) is 6.38. The largest absolute Gasteiger partial charge is 0.417 e. The highest BCUT2D eigenvalue weighted by molar-refractivity contribution is 5.99. The van der Waals surface area contributed by atoms with E-state index in [-0.39, 0.29) is 12.5 Å². The van der Waals surface area contributed by atoms with Crippen LogP contribution in [0.25, 0.3) is 0 Å². The average Bonchev–Trinajstić information content (AvgIpc) is 3.06. The second-order valence-corrected chi connectivity index (χ2v) is 8.81. The monoisotopic (exact) mass is 426 g/mol. The van der Waals surface area contributed by atoms with Gasteiger partial charge in [-0.15, -0.1) is 0 Å². The van der Waals surface area contributed by atoms with E-state index in [9.17, 15) is 22.8 Å². The van der Waals surface area contributed by atoms with Crippen molar-refractivity contribution in [3.63, 3.8) is 0 Å². The van der Waals surface area contributed by atoms with Crippen LogP contribution >= 0.6 is 0 Å². The molecule has 1 saturated heterocycles. The maximum absolute atomic E-state index is 13.6. The summed E-state index contributed by atoms with van der Waals surface area (Å²) in [5, 5.41) is 2.80. The van der Waals surface area contributed by atoms with Crippen LogP contribution in [0.1, 0.15) is 62.4 Å². The second kappa shape index (κ2) is 8.57. The second-order valence-electron chi connectivity index (χ2n) is 8.81. The van der Waals surface area contributed by atoms with Crippen molar-refractivity contribution in [2.45, 2.75) is 64.4 Å². The molecule has 5 nitrogen and oxygen atoms in total. The van der Waals surface area contributed by atoms with Crippen molar-refractivity contribution in [1.29, 1.82) is 0 Å². The predicted molar refractivity (Wildman–Crippen MR) is 106 cm³/mol. The van der Waals surface area contributed by atoms with E-state index in [1.807, 2.05) is 13.8 Å². The normalized spacial score (nSPS) is 27.0. The first-order chi connectivity index (χ1) is 14.0. The van der Waals surface area contributed by atoms with Gasteiger partial charge in [-0.1, -0.05) is 32.9 Å². The maximum atomic E-state index is 13.6. The number of carbonyl (C=O) groups is 2. The number of amides is 2. The molecule has 0 unspecified atom stereocenters. The predicted octanol–water partition coefficient (Wildman–Crippen LogP) is 4.23. The topological polar surface area (TPSA) is 58.6 Å². The third-order valence-corrected chi connectivity index (χ3v) is 5.99. The molecule has 1 aliphatic carbocycles. The first-order valence-corrected chi connectivity index (χ1v) is 10.5. The van der Waals surface area contributed by atoms with E-state index >= 15 is 0 Å². The number of alkyl halides is 3. The van der Waals surface area contributed by atoms with Crippen molar-refractivity contribution < 1.29 is 27.5 Å². The zero-order valence-electron chi connectivity index (χ0n) is 17.6. The lowest BCUT2D eigenvalue weighted by molar-refractivity contribution is -0.138. The number of hydrogen-bond acceptors (Lipinski definition) is 3. The molecule has 1 saturated carbocycles. The Kier molecular flexibility index (Phi) is 6.45. The van der Waals surface area contributed by atoms with Gasteiger partial charge in [0.1, 0.15) is 11.8 Å². The molecule has 2 fully saturated rings. The molecule has 1 spiro atoms. The lowest BCUT2D eigenvalue weighted by Crippen LogP contribution is -2.57. The van der Waals surface area contributed by atoms with Crippen molar-refractivity contribution in [3.8, 4) is 0 Å². The Labute approximate surface area is 175 Å². The van der Waals surface area contributed by atoms with Gasteiger partial charge in [-0.3, -0.25) is 14.5 Å². The minimum Gasteiger partial charge on any atom is -0.354 e. The number of benzene rings is 1. The highest BCUT2D eigenvalue weighted by atomic mass is 19.4. The third-order valence-electron chi connectivity index (χ3n) is 5.99. The third kappa shape index (κ3) is 4.48. The zero-order valence-corrected chi connectivity index (χ0v) is 17.6.